The van der Waals surface area contributed by atoms with Crippen molar-refractivity contribution >= 4 is 0 Å². The second-order valence-electron chi connectivity index (χ2n) is 7.87. The summed E-state index contributed by atoms with van der Waals surface area (Å²) in [6, 6.07) is 22.1. The van der Waals surface area contributed by atoms with Crippen LogP contribution < -0.4 is 10.1 Å². The van der Waals surface area contributed by atoms with Gasteiger partial charge < -0.3 is 30.1 Å². The zero-order valence-corrected chi connectivity index (χ0v) is 19.0. The van der Waals surface area contributed by atoms with Crippen molar-refractivity contribution < 1.29 is 24.8 Å². The first-order valence-electron chi connectivity index (χ1n) is 11.2. The van der Waals surface area contributed by atoms with Crippen LogP contribution in [0.1, 0.15) is 33.9 Å². The highest BCUT2D eigenvalue weighted by Gasteiger charge is 2.10. The van der Waals surface area contributed by atoms with Gasteiger partial charge in [0.2, 0.25) is 0 Å². The van der Waals surface area contributed by atoms with Crippen molar-refractivity contribution in [1.29, 1.82) is 5.26 Å². The van der Waals surface area contributed by atoms with Gasteiger partial charge in [-0.1, -0.05) is 30.3 Å². The number of aliphatic hydroxyl groups is 2. The fourth-order valence-electron chi connectivity index (χ4n) is 3.42. The van der Waals surface area contributed by atoms with E-state index in [0.717, 1.165) is 23.3 Å². The smallest absolute Gasteiger partial charge is 0.121 e. The Labute approximate surface area is 199 Å². The van der Waals surface area contributed by atoms with Gasteiger partial charge in [0.25, 0.3) is 0 Å². The maximum Gasteiger partial charge on any atom is 0.121 e. The Balaban J connectivity index is 1.31. The zero-order chi connectivity index (χ0) is 24.2. The molecule has 3 aromatic rings. The van der Waals surface area contributed by atoms with Gasteiger partial charge in [0.1, 0.15) is 18.1 Å². The Morgan fingerprint density at radius 3 is 2.56 bits per heavy atom. The number of rotatable bonds is 13. The molecular formula is C27H30N2O5. The Morgan fingerprint density at radius 1 is 0.971 bits per heavy atom. The Hall–Kier alpha value is -3.41. The van der Waals surface area contributed by atoms with Crippen LogP contribution in [0.4, 0.5) is 0 Å². The topological polar surface area (TPSA) is 115 Å². The van der Waals surface area contributed by atoms with E-state index in [-0.39, 0.29) is 12.4 Å². The molecule has 7 heteroatoms. The van der Waals surface area contributed by atoms with E-state index in [0.29, 0.717) is 49.6 Å². The molecule has 3 rings (SSSR count). The predicted molar refractivity (Wildman–Crippen MR) is 128 cm³/mol. The summed E-state index contributed by atoms with van der Waals surface area (Å²) in [7, 11) is 0. The maximum absolute atomic E-state index is 10.3. The molecule has 0 fully saturated rings. The molecule has 178 valence electrons. The molecule has 0 bridgehead atoms. The number of benzene rings is 3. The van der Waals surface area contributed by atoms with E-state index in [2.05, 4.69) is 11.4 Å². The van der Waals surface area contributed by atoms with E-state index in [1.54, 1.807) is 18.2 Å². The highest BCUT2D eigenvalue weighted by molar-refractivity contribution is 5.36. The molecule has 7 nitrogen and oxygen atoms in total. The minimum absolute atomic E-state index is 0.0219. The fraction of sp³-hybridized carbons (Fsp3) is 0.296. The molecule has 0 aliphatic rings. The van der Waals surface area contributed by atoms with Gasteiger partial charge in [-0.3, -0.25) is 0 Å². The molecule has 0 heterocycles. The van der Waals surface area contributed by atoms with E-state index < -0.39 is 6.10 Å². The van der Waals surface area contributed by atoms with Crippen LogP contribution in [0, 0.1) is 11.3 Å². The van der Waals surface area contributed by atoms with Crippen molar-refractivity contribution in [2.75, 3.05) is 26.3 Å². The van der Waals surface area contributed by atoms with Crippen LogP contribution in [0.3, 0.4) is 0 Å². The van der Waals surface area contributed by atoms with Gasteiger partial charge in [0, 0.05) is 12.1 Å². The average Bonchev–Trinajstić information content (AvgIpc) is 2.87. The molecule has 4 N–H and O–H groups in total. The van der Waals surface area contributed by atoms with Crippen molar-refractivity contribution in [2.45, 2.75) is 25.7 Å². The molecule has 0 spiro atoms. The number of hydrogen-bond donors (Lipinski definition) is 4. The Morgan fingerprint density at radius 2 is 1.79 bits per heavy atom. The monoisotopic (exact) mass is 462 g/mol. The van der Waals surface area contributed by atoms with Gasteiger partial charge in [-0.2, -0.15) is 5.26 Å². The normalized spacial score (nSPS) is 11.7. The van der Waals surface area contributed by atoms with E-state index >= 15 is 0 Å². The van der Waals surface area contributed by atoms with Gasteiger partial charge in [0.05, 0.1) is 37.6 Å². The molecule has 0 radical (unpaired) electrons. The standard InChI is InChI=1S/C27H30N2O5/c28-16-21-2-1-3-22(14-21)19-33-12-13-34-25-7-4-20(5-8-25)10-11-29-17-27(32)23-6-9-26(31)24(15-23)18-30/h1-9,14-15,27,29-32H,10-13,17-19H2/t27-/m0/s1. The first kappa shape index (κ1) is 25.2. The van der Waals surface area contributed by atoms with Gasteiger partial charge in [0.15, 0.2) is 0 Å². The third-order valence-electron chi connectivity index (χ3n) is 5.33. The van der Waals surface area contributed by atoms with E-state index in [4.69, 9.17) is 14.7 Å². The maximum atomic E-state index is 10.3. The van der Waals surface area contributed by atoms with Crippen LogP contribution in [0.15, 0.2) is 66.7 Å². The minimum atomic E-state index is -0.723. The summed E-state index contributed by atoms with van der Waals surface area (Å²) in [6.07, 6.45) is 0.0780. The summed E-state index contributed by atoms with van der Waals surface area (Å²) in [5.41, 5.74) is 3.78. The van der Waals surface area contributed by atoms with E-state index in [1.807, 2.05) is 42.5 Å². The molecule has 0 saturated heterocycles. The quantitative estimate of drug-likeness (QED) is 0.288. The summed E-state index contributed by atoms with van der Waals surface area (Å²) < 4.78 is 11.3. The van der Waals surface area contributed by atoms with Crippen LogP contribution in [-0.2, 0) is 24.4 Å². The lowest BCUT2D eigenvalue weighted by molar-refractivity contribution is 0.0889. The van der Waals surface area contributed by atoms with E-state index in [9.17, 15) is 15.3 Å². The Kier molecular flexibility index (Phi) is 9.89. The molecule has 0 aliphatic heterocycles. The molecule has 0 amide bonds. The highest BCUT2D eigenvalue weighted by Crippen LogP contribution is 2.22. The van der Waals surface area contributed by atoms with E-state index in [1.165, 1.54) is 6.07 Å². The van der Waals surface area contributed by atoms with Gasteiger partial charge in [-0.05, 0) is 66.1 Å². The predicted octanol–water partition coefficient (Wildman–Crippen LogP) is 3.22. The second-order valence-corrected chi connectivity index (χ2v) is 7.87. The summed E-state index contributed by atoms with van der Waals surface area (Å²) in [5.74, 6) is 0.794. The average molecular weight is 463 g/mol. The molecule has 0 unspecified atom stereocenters. The molecular weight excluding hydrogens is 432 g/mol. The lowest BCUT2D eigenvalue weighted by Gasteiger charge is -2.14. The summed E-state index contributed by atoms with van der Waals surface area (Å²) in [5, 5.41) is 41.3. The fourth-order valence-corrected chi connectivity index (χ4v) is 3.42. The molecule has 3 aromatic carbocycles. The van der Waals surface area contributed by atoms with Crippen molar-refractivity contribution in [1.82, 2.24) is 5.32 Å². The minimum Gasteiger partial charge on any atom is -0.508 e. The first-order valence-corrected chi connectivity index (χ1v) is 11.2. The lowest BCUT2D eigenvalue weighted by atomic mass is 10.1. The number of nitrogens with zero attached hydrogens (tertiary/aromatic N) is 1. The third-order valence-corrected chi connectivity index (χ3v) is 5.33. The number of ether oxygens (including phenoxy) is 2. The van der Waals surface area contributed by atoms with Gasteiger partial charge in [-0.15, -0.1) is 0 Å². The van der Waals surface area contributed by atoms with Crippen molar-refractivity contribution in [2.24, 2.45) is 0 Å². The number of aromatic hydroxyl groups is 1. The van der Waals surface area contributed by atoms with Crippen LogP contribution in [-0.4, -0.2) is 41.6 Å². The van der Waals surface area contributed by atoms with Gasteiger partial charge in [-0.25, -0.2) is 0 Å². The van der Waals surface area contributed by atoms with Gasteiger partial charge >= 0.3 is 0 Å². The van der Waals surface area contributed by atoms with Crippen LogP contribution in [0.2, 0.25) is 0 Å². The number of phenols is 1. The molecule has 34 heavy (non-hydrogen) atoms. The number of hydrogen-bond acceptors (Lipinski definition) is 7. The zero-order valence-electron chi connectivity index (χ0n) is 19.0. The number of aliphatic hydroxyl groups excluding tert-OH is 2. The number of nitrogens with one attached hydrogen (secondary N) is 1. The third kappa shape index (κ3) is 7.87. The largest absolute Gasteiger partial charge is 0.508 e. The van der Waals surface area contributed by atoms with Crippen molar-refractivity contribution in [3.8, 4) is 17.6 Å². The molecule has 0 aromatic heterocycles. The Bertz CT molecular complexity index is 1080. The van der Waals surface area contributed by atoms with Crippen molar-refractivity contribution in [3.05, 3.63) is 94.5 Å². The molecule has 1 atom stereocenters. The second kappa shape index (κ2) is 13.3. The number of nitriles is 1. The lowest BCUT2D eigenvalue weighted by Crippen LogP contribution is -2.23. The first-order chi connectivity index (χ1) is 16.6. The SMILES string of the molecule is N#Cc1cccc(COCCOc2ccc(CCNC[C@H](O)c3ccc(O)c(CO)c3)cc2)c1. The highest BCUT2D eigenvalue weighted by atomic mass is 16.5. The van der Waals surface area contributed by atoms with Crippen LogP contribution >= 0.6 is 0 Å². The van der Waals surface area contributed by atoms with Crippen LogP contribution in [0.25, 0.3) is 0 Å². The molecule has 0 saturated carbocycles. The summed E-state index contributed by atoms with van der Waals surface area (Å²) >= 11 is 0. The molecule has 0 aliphatic carbocycles. The van der Waals surface area contributed by atoms with Crippen LogP contribution in [0.5, 0.6) is 11.5 Å². The summed E-state index contributed by atoms with van der Waals surface area (Å²) in [4.78, 5) is 0. The van der Waals surface area contributed by atoms with Crippen molar-refractivity contribution in [3.63, 3.8) is 0 Å². The summed E-state index contributed by atoms with van der Waals surface area (Å²) in [6.45, 7) is 2.12.